The van der Waals surface area contributed by atoms with Crippen LogP contribution in [0.3, 0.4) is 0 Å². The molecule has 0 amide bonds. The van der Waals surface area contributed by atoms with Crippen LogP contribution in [0.25, 0.3) is 94.5 Å². The number of hydrogen-bond donors (Lipinski definition) is 0. The van der Waals surface area contributed by atoms with Crippen molar-refractivity contribution in [3.05, 3.63) is 246 Å². The first-order chi connectivity index (χ1) is 44.4. The van der Waals surface area contributed by atoms with Gasteiger partial charge in [0.15, 0.2) is 0 Å². The largest absolute Gasteiger partial charge is 0.510 e. The number of aryl methyl sites for hydroxylation is 1. The molecule has 0 fully saturated rings. The molecule has 3 heterocycles. The van der Waals surface area contributed by atoms with Crippen molar-refractivity contribution in [3.63, 3.8) is 0 Å². The Morgan fingerprint density at radius 2 is 1.08 bits per heavy atom. The quantitative estimate of drug-likeness (QED) is 0.107. The number of benzene rings is 9. The van der Waals surface area contributed by atoms with Crippen molar-refractivity contribution in [2.45, 2.75) is 112 Å². The van der Waals surface area contributed by atoms with Gasteiger partial charge in [0.25, 0.3) is 6.33 Å². The van der Waals surface area contributed by atoms with Gasteiger partial charge >= 0.3 is 0 Å². The molecule has 0 radical (unpaired) electrons. The molecule has 0 saturated carbocycles. The molecule has 9 aromatic carbocycles. The molecule has 0 aliphatic heterocycles. The first-order valence-corrected chi connectivity index (χ1v) is 27.7. The number of aromatic nitrogens is 4. The number of nitrogens with zero attached hydrogens (tertiary/aromatic N) is 4. The predicted molar refractivity (Wildman–Crippen MR) is 341 cm³/mol. The van der Waals surface area contributed by atoms with Gasteiger partial charge in [-0.2, -0.15) is 18.2 Å². The molecule has 0 spiro atoms. The van der Waals surface area contributed by atoms with E-state index in [0.29, 0.717) is 44.8 Å². The number of imidazole rings is 1. The van der Waals surface area contributed by atoms with Gasteiger partial charge in [-0.25, -0.2) is 4.98 Å². The Bertz CT molecular complexity index is 5050. The van der Waals surface area contributed by atoms with Crippen LogP contribution in [0.1, 0.15) is 129 Å². The number of hydrogen-bond acceptors (Lipinski definition) is 2. The monoisotopic (exact) mass is 1280 g/mol. The van der Waals surface area contributed by atoms with Gasteiger partial charge in [0, 0.05) is 54.0 Å². The van der Waals surface area contributed by atoms with Crippen LogP contribution >= 0.6 is 0 Å². The van der Waals surface area contributed by atoms with Crippen LogP contribution in [0, 0.1) is 25.3 Å². The average molecular weight is 1280 g/mol. The van der Waals surface area contributed by atoms with Crippen LogP contribution < -0.4 is 9.30 Å². The number of ether oxygens (including phenoxy) is 1. The first-order valence-electron chi connectivity index (χ1n) is 34.2. The van der Waals surface area contributed by atoms with Crippen LogP contribution in [0.4, 0.5) is 0 Å². The predicted octanol–water partition coefficient (Wildman–Crippen LogP) is 19.8. The summed E-state index contributed by atoms with van der Waals surface area (Å²) in [5.41, 5.74) is 10.1. The van der Waals surface area contributed by atoms with Crippen LogP contribution in [-0.2, 0) is 42.7 Å². The second-order valence-electron chi connectivity index (χ2n) is 25.3. The summed E-state index contributed by atoms with van der Waals surface area (Å²) in [6, 6.07) is 45.7. The first kappa shape index (κ1) is 42.7. The zero-order valence-electron chi connectivity index (χ0n) is 61.8. The van der Waals surface area contributed by atoms with E-state index >= 15 is 0 Å². The van der Waals surface area contributed by atoms with Crippen molar-refractivity contribution in [2.75, 3.05) is 0 Å². The zero-order valence-corrected chi connectivity index (χ0v) is 51.1. The second kappa shape index (κ2) is 21.6. The number of fused-ring (bicyclic) bond motifs is 4. The second-order valence-corrected chi connectivity index (χ2v) is 25.3. The normalized spacial score (nSPS) is 14.7. The third kappa shape index (κ3) is 11.1. The molecule has 0 unspecified atom stereocenters. The van der Waals surface area contributed by atoms with E-state index in [9.17, 15) is 2.74 Å². The summed E-state index contributed by atoms with van der Waals surface area (Å²) in [7, 11) is 0. The molecule has 0 bridgehead atoms. The molecule has 12 aromatic rings. The smallest absolute Gasteiger partial charge is 0.268 e. The summed E-state index contributed by atoms with van der Waals surface area (Å²) in [5.74, 6) is 0.750. The van der Waals surface area contributed by atoms with Gasteiger partial charge in [-0.1, -0.05) is 234 Å². The molecule has 0 N–H and O–H groups in total. The molecule has 3 aromatic heterocycles. The third-order valence-electron chi connectivity index (χ3n) is 15.3. The van der Waals surface area contributed by atoms with Gasteiger partial charge in [0.05, 0.1) is 30.4 Å². The van der Waals surface area contributed by atoms with Crippen LogP contribution in [0.2, 0.25) is 0 Å². The van der Waals surface area contributed by atoms with Crippen molar-refractivity contribution in [1.29, 1.82) is 0 Å². The fourth-order valence-electron chi connectivity index (χ4n) is 10.6. The van der Waals surface area contributed by atoms with Gasteiger partial charge in [-0.3, -0.25) is 4.57 Å². The maximum Gasteiger partial charge on any atom is 0.268 e. The van der Waals surface area contributed by atoms with E-state index in [1.54, 1.807) is 16.7 Å². The summed E-state index contributed by atoms with van der Waals surface area (Å²) < 4.78 is 127. The van der Waals surface area contributed by atoms with Gasteiger partial charge < -0.3 is 13.9 Å². The van der Waals surface area contributed by atoms with Crippen molar-refractivity contribution in [2.24, 2.45) is 0 Å². The third-order valence-corrected chi connectivity index (χ3v) is 15.3. The summed E-state index contributed by atoms with van der Waals surface area (Å²) in [5, 5.41) is 1.55. The Hall–Kier alpha value is -8.11. The van der Waals surface area contributed by atoms with Gasteiger partial charge in [-0.05, 0) is 125 Å². The number of para-hydroxylation sites is 1. The fraction of sp³-hybridized carbons (Fsp3) is 0.221. The Morgan fingerprint density at radius 3 is 1.72 bits per heavy atom. The zero-order chi connectivity index (χ0) is 68.7. The molecular weight excluding hydrogens is 1190 g/mol. The maximum absolute atomic E-state index is 9.62. The molecule has 83 heavy (non-hydrogen) atoms. The van der Waals surface area contributed by atoms with E-state index in [2.05, 4.69) is 162 Å². The Kier molecular flexibility index (Phi) is 11.1. The Balaban J connectivity index is 0.00000936. The van der Waals surface area contributed by atoms with Crippen molar-refractivity contribution < 1.29 is 48.2 Å². The van der Waals surface area contributed by atoms with E-state index in [-0.39, 0.29) is 83.2 Å². The minimum absolute atomic E-state index is 0. The molecule has 5 nitrogen and oxygen atoms in total. The van der Waals surface area contributed by atoms with Crippen molar-refractivity contribution >= 4 is 32.8 Å². The summed E-state index contributed by atoms with van der Waals surface area (Å²) in [4.78, 5) is 4.75. The van der Waals surface area contributed by atoms with Gasteiger partial charge in [0.2, 0.25) is 0 Å². The molecule has 0 atom stereocenters. The van der Waals surface area contributed by atoms with E-state index in [0.717, 1.165) is 49.7 Å². The summed E-state index contributed by atoms with van der Waals surface area (Å²) >= 11 is 0. The van der Waals surface area contributed by atoms with Gasteiger partial charge in [0.1, 0.15) is 5.82 Å². The number of rotatable bonds is 9. The molecule has 12 rings (SSSR count). The fourth-order valence-corrected chi connectivity index (χ4v) is 10.6. The van der Waals surface area contributed by atoms with Crippen molar-refractivity contribution in [1.82, 2.24) is 14.1 Å². The van der Waals surface area contributed by atoms with Crippen LogP contribution in [0.15, 0.2) is 200 Å². The number of pyridine rings is 1. The summed E-state index contributed by atoms with van der Waals surface area (Å²) in [6.45, 7) is 23.2. The molecule has 418 valence electrons. The summed E-state index contributed by atoms with van der Waals surface area (Å²) in [6.07, 6.45) is 5.01. The standard InChI is InChI=1S/C77H72N4O.Pt/c1-50-39-72(78-48-67(50)53-25-18-15-19-26-53)81-68-30-21-20-29-63(68)64-37-36-62(47-70(64)81)82-61-28-22-27-60(46-61)79-49-80(69-38-33-54(42-71(69)79)51-31-34-56(35-32-51)74(2,3)4)73-65(52-23-16-14-17-24-52)44-59(77(11,12)13)45-66(73)55-40-57(75(5,6)7)43-58(41-55)76(8,9)10;/h14-45,48H,1-13H3;/q-2;/i1D3,14D,15D,16D,17D,18D,19D,23D,24D,25D,26D;. The SMILES string of the molecule is [2H]c1c([2H])c([2H])c(-c2cnc(-n3c4[c-]c(Oc5[c-]c(-n6[c-][n+](-c7c(-c8cc(C(C)(C)C)cc(C(C)(C)C)c8)cc(C(C)(C)C)cc7-c7c([2H])c([2H])c([2H])c([2H])c7[2H])c7ccc(-c8ccc(C(C)(C)C)cc8)cc76)ccc5)ccc4c4ccccc43)cc2C([2H])([2H])[2H])c([2H])c1[2H].[Pt]. The van der Waals surface area contributed by atoms with E-state index in [1.165, 1.54) is 17.8 Å². The van der Waals surface area contributed by atoms with E-state index in [4.69, 9.17) is 24.8 Å². The molecule has 0 aliphatic rings. The van der Waals surface area contributed by atoms with E-state index < -0.39 is 60.6 Å². The van der Waals surface area contributed by atoms with Crippen molar-refractivity contribution in [3.8, 4) is 73.2 Å². The van der Waals surface area contributed by atoms with Crippen LogP contribution in [-0.4, -0.2) is 14.1 Å². The molecule has 0 aliphatic carbocycles. The topological polar surface area (TPSA) is 35.9 Å². The van der Waals surface area contributed by atoms with Gasteiger partial charge in [-0.15, -0.1) is 29.7 Å². The van der Waals surface area contributed by atoms with Crippen LogP contribution in [0.5, 0.6) is 11.5 Å². The minimum atomic E-state index is -2.81. The average Bonchev–Trinajstić information content (AvgIpc) is 0.979. The molecular formula is C77H72N4OPt-2. The minimum Gasteiger partial charge on any atom is -0.510 e. The molecule has 0 saturated heterocycles. The molecule has 6 heteroatoms. The Labute approximate surface area is 523 Å². The Morgan fingerprint density at radius 1 is 0.494 bits per heavy atom. The van der Waals surface area contributed by atoms with E-state index in [1.807, 2.05) is 63.7 Å². The maximum atomic E-state index is 9.62.